The van der Waals surface area contributed by atoms with E-state index in [1.165, 1.54) is 37.4 Å². The van der Waals surface area contributed by atoms with Crippen molar-refractivity contribution in [2.75, 3.05) is 12.4 Å². The standard InChI is InChI=1S/C17H14F3N3O3/c1-26-13-8-6-12(7-9-13)22-15(24)16(25)23-21-10-11-4-2-3-5-14(11)17(18,19)20/h2-10H,1H3,(H,22,24)(H,23,25). The predicted molar refractivity (Wildman–Crippen MR) is 88.8 cm³/mol. The number of nitrogens with zero attached hydrogens (tertiary/aromatic N) is 1. The number of methoxy groups -OCH3 is 1. The van der Waals surface area contributed by atoms with E-state index in [2.05, 4.69) is 10.4 Å². The average Bonchev–Trinajstić information content (AvgIpc) is 2.61. The second-order valence-electron chi connectivity index (χ2n) is 4.97. The van der Waals surface area contributed by atoms with E-state index >= 15 is 0 Å². The number of alkyl halides is 3. The highest BCUT2D eigenvalue weighted by Gasteiger charge is 2.32. The van der Waals surface area contributed by atoms with E-state index in [1.54, 1.807) is 12.1 Å². The van der Waals surface area contributed by atoms with Gasteiger partial charge in [-0.15, -0.1) is 0 Å². The molecule has 0 atom stereocenters. The summed E-state index contributed by atoms with van der Waals surface area (Å²) >= 11 is 0. The molecule has 136 valence electrons. The van der Waals surface area contributed by atoms with Gasteiger partial charge in [0, 0.05) is 11.3 Å². The fourth-order valence-corrected chi connectivity index (χ4v) is 1.94. The zero-order chi connectivity index (χ0) is 19.2. The first-order chi connectivity index (χ1) is 12.3. The van der Waals surface area contributed by atoms with Crippen LogP contribution >= 0.6 is 0 Å². The second kappa shape index (κ2) is 8.15. The van der Waals surface area contributed by atoms with Crippen molar-refractivity contribution in [1.82, 2.24) is 5.43 Å². The number of carbonyl (C=O) groups is 2. The molecule has 0 bridgehead atoms. The smallest absolute Gasteiger partial charge is 0.417 e. The van der Waals surface area contributed by atoms with Gasteiger partial charge in [-0.1, -0.05) is 18.2 Å². The molecule has 9 heteroatoms. The average molecular weight is 365 g/mol. The van der Waals surface area contributed by atoms with E-state index in [0.29, 0.717) is 11.4 Å². The molecular formula is C17H14F3N3O3. The molecule has 0 unspecified atom stereocenters. The Morgan fingerprint density at radius 2 is 1.69 bits per heavy atom. The Morgan fingerprint density at radius 1 is 1.04 bits per heavy atom. The Hall–Kier alpha value is -3.36. The van der Waals surface area contributed by atoms with E-state index in [-0.39, 0.29) is 5.56 Å². The molecule has 0 saturated heterocycles. The molecule has 0 spiro atoms. The Balaban J connectivity index is 1.97. The highest BCUT2D eigenvalue weighted by atomic mass is 19.4. The van der Waals surface area contributed by atoms with Crippen LogP contribution < -0.4 is 15.5 Å². The van der Waals surface area contributed by atoms with Crippen molar-refractivity contribution in [3.8, 4) is 5.75 Å². The van der Waals surface area contributed by atoms with Gasteiger partial charge in [0.15, 0.2) is 0 Å². The van der Waals surface area contributed by atoms with E-state index < -0.39 is 23.6 Å². The first-order valence-electron chi connectivity index (χ1n) is 7.26. The molecule has 0 saturated carbocycles. The third kappa shape index (κ3) is 5.07. The molecule has 6 nitrogen and oxygen atoms in total. The van der Waals surface area contributed by atoms with Crippen molar-refractivity contribution in [3.63, 3.8) is 0 Å². The summed E-state index contributed by atoms with van der Waals surface area (Å²) in [5.74, 6) is -1.57. The van der Waals surface area contributed by atoms with Crippen molar-refractivity contribution < 1.29 is 27.5 Å². The molecule has 0 fully saturated rings. The summed E-state index contributed by atoms with van der Waals surface area (Å²) in [6, 6.07) is 10.9. The SMILES string of the molecule is COc1ccc(NC(=O)C(=O)NN=Cc2ccccc2C(F)(F)F)cc1. The fraction of sp³-hybridized carbons (Fsp3) is 0.118. The number of nitrogens with one attached hydrogen (secondary N) is 2. The van der Waals surface area contributed by atoms with Gasteiger partial charge in [-0.05, 0) is 30.3 Å². The number of benzene rings is 2. The number of anilines is 1. The van der Waals surface area contributed by atoms with E-state index in [0.717, 1.165) is 12.3 Å². The maximum Gasteiger partial charge on any atom is 0.417 e. The summed E-state index contributed by atoms with van der Waals surface area (Å²) < 4.78 is 43.5. The second-order valence-corrected chi connectivity index (χ2v) is 4.97. The minimum atomic E-state index is -4.56. The Kier molecular flexibility index (Phi) is 5.94. The van der Waals surface area contributed by atoms with Gasteiger partial charge in [-0.25, -0.2) is 5.43 Å². The molecule has 2 aromatic carbocycles. The largest absolute Gasteiger partial charge is 0.497 e. The molecule has 2 aromatic rings. The predicted octanol–water partition coefficient (Wildman–Crippen LogP) is 2.80. The molecule has 2 N–H and O–H groups in total. The van der Waals surface area contributed by atoms with Crippen LogP contribution in [-0.4, -0.2) is 25.1 Å². The molecule has 0 aliphatic rings. The van der Waals surface area contributed by atoms with Gasteiger partial charge in [0.2, 0.25) is 0 Å². The number of halogens is 3. The van der Waals surface area contributed by atoms with Gasteiger partial charge in [0.1, 0.15) is 5.75 Å². The van der Waals surface area contributed by atoms with Gasteiger partial charge >= 0.3 is 18.0 Å². The Labute approximate surface area is 146 Å². The Morgan fingerprint density at radius 3 is 2.31 bits per heavy atom. The first-order valence-corrected chi connectivity index (χ1v) is 7.26. The summed E-state index contributed by atoms with van der Waals surface area (Å²) in [7, 11) is 1.48. The third-order valence-corrected chi connectivity index (χ3v) is 3.19. The molecule has 0 radical (unpaired) electrons. The van der Waals surface area contributed by atoms with Crippen molar-refractivity contribution in [2.45, 2.75) is 6.18 Å². The number of ether oxygens (including phenoxy) is 1. The fourth-order valence-electron chi connectivity index (χ4n) is 1.94. The van der Waals surface area contributed by atoms with Crippen molar-refractivity contribution >= 4 is 23.7 Å². The van der Waals surface area contributed by atoms with E-state index in [4.69, 9.17) is 4.74 Å². The summed E-state index contributed by atoms with van der Waals surface area (Å²) in [6.07, 6.45) is -3.74. The summed E-state index contributed by atoms with van der Waals surface area (Å²) in [4.78, 5) is 23.4. The number of amides is 2. The molecule has 2 amide bonds. The molecule has 0 aliphatic heterocycles. The van der Waals surface area contributed by atoms with Crippen LogP contribution in [0.15, 0.2) is 53.6 Å². The highest BCUT2D eigenvalue weighted by Crippen LogP contribution is 2.31. The lowest BCUT2D eigenvalue weighted by Gasteiger charge is -2.09. The van der Waals surface area contributed by atoms with Gasteiger partial charge < -0.3 is 10.1 Å². The maximum absolute atomic E-state index is 12.8. The first kappa shape index (κ1) is 19.0. The van der Waals surface area contributed by atoms with Gasteiger partial charge in [0.25, 0.3) is 0 Å². The summed E-state index contributed by atoms with van der Waals surface area (Å²) in [5, 5.41) is 5.72. The van der Waals surface area contributed by atoms with Gasteiger partial charge in [0.05, 0.1) is 18.9 Å². The molecule has 2 rings (SSSR count). The van der Waals surface area contributed by atoms with Crippen LogP contribution in [0.1, 0.15) is 11.1 Å². The third-order valence-electron chi connectivity index (χ3n) is 3.19. The molecule has 26 heavy (non-hydrogen) atoms. The van der Waals surface area contributed by atoms with E-state index in [9.17, 15) is 22.8 Å². The van der Waals surface area contributed by atoms with Crippen LogP contribution in [0, 0.1) is 0 Å². The zero-order valence-corrected chi connectivity index (χ0v) is 13.5. The maximum atomic E-state index is 12.8. The number of hydrogen-bond donors (Lipinski definition) is 2. The minimum Gasteiger partial charge on any atom is -0.497 e. The lowest BCUT2D eigenvalue weighted by atomic mass is 10.1. The Bertz CT molecular complexity index is 818. The molecule has 0 heterocycles. The van der Waals surface area contributed by atoms with Crippen molar-refractivity contribution in [2.24, 2.45) is 5.10 Å². The van der Waals surface area contributed by atoms with Crippen LogP contribution in [0.25, 0.3) is 0 Å². The van der Waals surface area contributed by atoms with Crippen LogP contribution in [0.4, 0.5) is 18.9 Å². The van der Waals surface area contributed by atoms with Gasteiger partial charge in [-0.2, -0.15) is 18.3 Å². The zero-order valence-electron chi connectivity index (χ0n) is 13.5. The van der Waals surface area contributed by atoms with Crippen molar-refractivity contribution in [1.29, 1.82) is 0 Å². The van der Waals surface area contributed by atoms with Crippen LogP contribution in [-0.2, 0) is 15.8 Å². The quantitative estimate of drug-likeness (QED) is 0.497. The summed E-state index contributed by atoms with van der Waals surface area (Å²) in [5.41, 5.74) is 1.08. The molecule has 0 aromatic heterocycles. The van der Waals surface area contributed by atoms with Crippen LogP contribution in [0.3, 0.4) is 0 Å². The lowest BCUT2D eigenvalue weighted by molar-refractivity contribution is -0.137. The summed E-state index contributed by atoms with van der Waals surface area (Å²) in [6.45, 7) is 0. The lowest BCUT2D eigenvalue weighted by Crippen LogP contribution is -2.32. The number of hydrogen-bond acceptors (Lipinski definition) is 4. The molecule has 0 aliphatic carbocycles. The van der Waals surface area contributed by atoms with E-state index in [1.807, 2.05) is 5.43 Å². The highest BCUT2D eigenvalue weighted by molar-refractivity contribution is 6.39. The van der Waals surface area contributed by atoms with Crippen LogP contribution in [0.2, 0.25) is 0 Å². The number of hydrazone groups is 1. The molecular weight excluding hydrogens is 351 g/mol. The van der Waals surface area contributed by atoms with Crippen LogP contribution in [0.5, 0.6) is 5.75 Å². The number of rotatable bonds is 4. The topological polar surface area (TPSA) is 79.8 Å². The minimum absolute atomic E-state index is 0.240. The number of carbonyl (C=O) groups excluding carboxylic acids is 2. The van der Waals surface area contributed by atoms with Crippen molar-refractivity contribution in [3.05, 3.63) is 59.7 Å². The van der Waals surface area contributed by atoms with Gasteiger partial charge in [-0.3, -0.25) is 9.59 Å². The normalized spacial score (nSPS) is 11.2. The monoisotopic (exact) mass is 365 g/mol.